The Labute approximate surface area is 222 Å². The molecule has 0 aliphatic carbocycles. The number of ether oxygens (including phenoxy) is 4. The van der Waals surface area contributed by atoms with E-state index in [2.05, 4.69) is 0 Å². The zero-order valence-corrected chi connectivity index (χ0v) is 21.4. The highest BCUT2D eigenvalue weighted by molar-refractivity contribution is 5.77. The highest BCUT2D eigenvalue weighted by atomic mass is 16.6. The van der Waals surface area contributed by atoms with Crippen molar-refractivity contribution in [3.8, 4) is 22.6 Å². The lowest BCUT2D eigenvalue weighted by molar-refractivity contribution is -0.152. The second-order valence-electron chi connectivity index (χ2n) is 8.37. The summed E-state index contributed by atoms with van der Waals surface area (Å²) in [5.74, 6) is 0.233. The van der Waals surface area contributed by atoms with Crippen molar-refractivity contribution in [3.63, 3.8) is 0 Å². The molecule has 0 aliphatic heterocycles. The van der Waals surface area contributed by atoms with Crippen LogP contribution >= 0.6 is 0 Å². The summed E-state index contributed by atoms with van der Waals surface area (Å²) in [7, 11) is 0. The standard InChI is InChI=1S/C32H30O6/c1-3-35-31(33)29(25-11-7-5-8-12-25)37-27-19-15-23(16-20-27)24-17-21-28(22-18-24)38-30(32(34)36-4-2)26-13-9-6-10-14-26/h5-22,29-30H,3-4H2,1-2H3/t29-,30+. The lowest BCUT2D eigenvalue weighted by Crippen LogP contribution is -2.21. The molecule has 4 rings (SSSR count). The predicted octanol–water partition coefficient (Wildman–Crippen LogP) is 6.72. The van der Waals surface area contributed by atoms with Gasteiger partial charge >= 0.3 is 11.9 Å². The van der Waals surface area contributed by atoms with E-state index in [1.54, 1.807) is 13.8 Å². The topological polar surface area (TPSA) is 71.1 Å². The zero-order valence-electron chi connectivity index (χ0n) is 21.4. The summed E-state index contributed by atoms with van der Waals surface area (Å²) < 4.78 is 22.5. The van der Waals surface area contributed by atoms with Gasteiger partial charge in [0.25, 0.3) is 0 Å². The van der Waals surface area contributed by atoms with Gasteiger partial charge < -0.3 is 18.9 Å². The second kappa shape index (κ2) is 13.1. The molecular weight excluding hydrogens is 480 g/mol. The van der Waals surface area contributed by atoms with Crippen molar-refractivity contribution in [1.82, 2.24) is 0 Å². The quantitative estimate of drug-likeness (QED) is 0.209. The van der Waals surface area contributed by atoms with Crippen molar-refractivity contribution in [1.29, 1.82) is 0 Å². The first kappa shape index (κ1) is 26.5. The third-order valence-corrected chi connectivity index (χ3v) is 5.76. The molecular formula is C32H30O6. The number of rotatable bonds is 11. The Bertz CT molecular complexity index is 1200. The van der Waals surface area contributed by atoms with Gasteiger partial charge in [-0.3, -0.25) is 0 Å². The molecule has 38 heavy (non-hydrogen) atoms. The minimum atomic E-state index is -0.851. The van der Waals surface area contributed by atoms with Gasteiger partial charge in [-0.1, -0.05) is 84.9 Å². The van der Waals surface area contributed by atoms with Gasteiger partial charge in [0.1, 0.15) is 11.5 Å². The van der Waals surface area contributed by atoms with Gasteiger partial charge in [0.15, 0.2) is 0 Å². The number of hydrogen-bond acceptors (Lipinski definition) is 6. The van der Waals surface area contributed by atoms with Crippen LogP contribution in [-0.2, 0) is 19.1 Å². The molecule has 0 fully saturated rings. The Morgan fingerprint density at radius 2 is 0.868 bits per heavy atom. The molecule has 0 unspecified atom stereocenters. The van der Waals surface area contributed by atoms with Crippen molar-refractivity contribution >= 4 is 11.9 Å². The van der Waals surface area contributed by atoms with Crippen molar-refractivity contribution in [2.75, 3.05) is 13.2 Å². The van der Waals surface area contributed by atoms with E-state index in [9.17, 15) is 9.59 Å². The Balaban J connectivity index is 1.47. The Hall–Kier alpha value is -4.58. The first-order chi connectivity index (χ1) is 18.6. The smallest absolute Gasteiger partial charge is 0.352 e. The number of hydrogen-bond donors (Lipinski definition) is 0. The molecule has 6 heteroatoms. The Morgan fingerprint density at radius 1 is 0.526 bits per heavy atom. The van der Waals surface area contributed by atoms with Crippen LogP contribution in [0.5, 0.6) is 11.5 Å². The molecule has 4 aromatic carbocycles. The molecule has 194 valence electrons. The van der Waals surface area contributed by atoms with Gasteiger partial charge in [-0.25, -0.2) is 9.59 Å². The van der Waals surface area contributed by atoms with E-state index >= 15 is 0 Å². The molecule has 0 heterocycles. The highest BCUT2D eigenvalue weighted by Gasteiger charge is 2.25. The minimum Gasteiger partial charge on any atom is -0.474 e. The van der Waals surface area contributed by atoms with Crippen LogP contribution in [0.3, 0.4) is 0 Å². The van der Waals surface area contributed by atoms with E-state index in [-0.39, 0.29) is 13.2 Å². The summed E-state index contributed by atoms with van der Waals surface area (Å²) in [5, 5.41) is 0. The summed E-state index contributed by atoms with van der Waals surface area (Å²) in [6, 6.07) is 33.5. The third kappa shape index (κ3) is 6.79. The third-order valence-electron chi connectivity index (χ3n) is 5.76. The predicted molar refractivity (Wildman–Crippen MR) is 145 cm³/mol. The monoisotopic (exact) mass is 510 g/mol. The Kier molecular flexibility index (Phi) is 9.13. The summed E-state index contributed by atoms with van der Waals surface area (Å²) in [4.78, 5) is 25.1. The van der Waals surface area contributed by atoms with Gasteiger partial charge in [-0.15, -0.1) is 0 Å². The van der Waals surface area contributed by atoms with Crippen LogP contribution < -0.4 is 9.47 Å². The highest BCUT2D eigenvalue weighted by Crippen LogP contribution is 2.29. The molecule has 0 N–H and O–H groups in total. The lowest BCUT2D eigenvalue weighted by atomic mass is 10.1. The first-order valence-electron chi connectivity index (χ1n) is 12.6. The molecule has 4 aromatic rings. The maximum atomic E-state index is 12.5. The lowest BCUT2D eigenvalue weighted by Gasteiger charge is -2.19. The second-order valence-corrected chi connectivity index (χ2v) is 8.37. The van der Waals surface area contributed by atoms with Gasteiger partial charge in [0, 0.05) is 11.1 Å². The van der Waals surface area contributed by atoms with Crippen LogP contribution in [0.4, 0.5) is 0 Å². The van der Waals surface area contributed by atoms with Crippen molar-refractivity contribution in [2.24, 2.45) is 0 Å². The van der Waals surface area contributed by atoms with Crippen LogP contribution in [0.15, 0.2) is 109 Å². The largest absolute Gasteiger partial charge is 0.474 e. The first-order valence-corrected chi connectivity index (χ1v) is 12.6. The molecule has 0 spiro atoms. The van der Waals surface area contributed by atoms with E-state index in [4.69, 9.17) is 18.9 Å². The number of carbonyl (C=O) groups excluding carboxylic acids is 2. The fourth-order valence-electron chi connectivity index (χ4n) is 3.92. The van der Waals surface area contributed by atoms with Crippen LogP contribution in [-0.4, -0.2) is 25.2 Å². The Morgan fingerprint density at radius 3 is 1.18 bits per heavy atom. The van der Waals surface area contributed by atoms with Crippen LogP contribution in [0, 0.1) is 0 Å². The van der Waals surface area contributed by atoms with Crippen molar-refractivity contribution in [2.45, 2.75) is 26.1 Å². The maximum Gasteiger partial charge on any atom is 0.352 e. The SMILES string of the molecule is CCOC(=O)[C@@H](Oc1ccc(-c2ccc(O[C@@H](C(=O)OCC)c3ccccc3)cc2)cc1)c1ccccc1. The van der Waals surface area contributed by atoms with E-state index in [1.807, 2.05) is 109 Å². The van der Waals surface area contributed by atoms with Gasteiger partial charge in [-0.05, 0) is 49.2 Å². The van der Waals surface area contributed by atoms with Crippen LogP contribution in [0.2, 0.25) is 0 Å². The zero-order chi connectivity index (χ0) is 26.7. The molecule has 0 saturated carbocycles. The van der Waals surface area contributed by atoms with Crippen LogP contribution in [0.25, 0.3) is 11.1 Å². The van der Waals surface area contributed by atoms with E-state index < -0.39 is 24.1 Å². The number of esters is 2. The fourth-order valence-corrected chi connectivity index (χ4v) is 3.92. The number of carbonyl (C=O) groups is 2. The molecule has 2 atom stereocenters. The molecule has 6 nitrogen and oxygen atoms in total. The molecule has 0 amide bonds. The molecule has 0 saturated heterocycles. The summed E-state index contributed by atoms with van der Waals surface area (Å²) in [6.45, 7) is 4.08. The molecule has 0 bridgehead atoms. The molecule has 0 radical (unpaired) electrons. The van der Waals surface area contributed by atoms with Gasteiger partial charge in [0.2, 0.25) is 12.2 Å². The van der Waals surface area contributed by atoms with E-state index in [0.717, 1.165) is 22.3 Å². The van der Waals surface area contributed by atoms with Crippen molar-refractivity contribution in [3.05, 3.63) is 120 Å². The van der Waals surface area contributed by atoms with Gasteiger partial charge in [0.05, 0.1) is 13.2 Å². The maximum absolute atomic E-state index is 12.5. The molecule has 0 aromatic heterocycles. The average Bonchev–Trinajstić information content (AvgIpc) is 2.96. The number of benzene rings is 4. The minimum absolute atomic E-state index is 0.274. The summed E-state index contributed by atoms with van der Waals surface area (Å²) >= 11 is 0. The average molecular weight is 511 g/mol. The normalized spacial score (nSPS) is 12.2. The van der Waals surface area contributed by atoms with Crippen molar-refractivity contribution < 1.29 is 28.5 Å². The summed E-state index contributed by atoms with van der Waals surface area (Å²) in [5.41, 5.74) is 3.37. The fraction of sp³-hybridized carbons (Fsp3) is 0.188. The molecule has 0 aliphatic rings. The summed E-state index contributed by atoms with van der Waals surface area (Å²) in [6.07, 6.45) is -1.70. The van der Waals surface area contributed by atoms with E-state index in [1.165, 1.54) is 0 Å². The van der Waals surface area contributed by atoms with Crippen LogP contribution in [0.1, 0.15) is 37.2 Å². The van der Waals surface area contributed by atoms with E-state index in [0.29, 0.717) is 11.5 Å². The van der Waals surface area contributed by atoms with Gasteiger partial charge in [-0.2, -0.15) is 0 Å².